The Labute approximate surface area is 168 Å². The van der Waals surface area contributed by atoms with Gasteiger partial charge in [-0.1, -0.05) is 26.0 Å². The van der Waals surface area contributed by atoms with Crippen LogP contribution in [0.1, 0.15) is 64.9 Å². The van der Waals surface area contributed by atoms with Crippen LogP contribution in [-0.2, 0) is 4.79 Å². The van der Waals surface area contributed by atoms with E-state index in [1.807, 2.05) is 12.4 Å². The molecule has 0 bridgehead atoms. The highest BCUT2D eigenvalue weighted by atomic mass is 16.2. The maximum absolute atomic E-state index is 12.5. The predicted molar refractivity (Wildman–Crippen MR) is 112 cm³/mol. The van der Waals surface area contributed by atoms with Gasteiger partial charge in [0.25, 0.3) is 0 Å². The minimum Gasteiger partial charge on any atom is -0.316 e. The highest BCUT2D eigenvalue weighted by Crippen LogP contribution is 2.66. The van der Waals surface area contributed by atoms with Crippen molar-refractivity contribution in [2.24, 2.45) is 28.6 Å². The molecule has 2 heterocycles. The Morgan fingerprint density at radius 1 is 1.07 bits per heavy atom. The van der Waals surface area contributed by atoms with Crippen LogP contribution in [-0.4, -0.2) is 22.3 Å². The number of carbonyl (C=O) groups is 1. The number of rotatable bonds is 2. The standard InChI is InChI=1S/C25H32N2O/c1-4-27-22-8-5-18-20-7-6-19(17-11-15-26-16-12-17)24(20,2)13-9-21(18)25(22,3)14-10-23(27)28/h6,8,11-12,15-16,18,20-21H,4-5,7,9-10,13-14H2,1-3H3/t18-,20-,21-,24+,25+/m0/s1. The topological polar surface area (TPSA) is 33.2 Å². The molecule has 0 N–H and O–H groups in total. The minimum absolute atomic E-state index is 0.174. The zero-order valence-electron chi connectivity index (χ0n) is 17.4. The van der Waals surface area contributed by atoms with E-state index in [-0.39, 0.29) is 10.8 Å². The second-order valence-electron chi connectivity index (χ2n) is 9.80. The number of likely N-dealkylation sites (tertiary alicyclic amines) is 1. The number of allylic oxidation sites excluding steroid dienone is 4. The van der Waals surface area contributed by atoms with Crippen LogP contribution in [0.5, 0.6) is 0 Å². The quantitative estimate of drug-likeness (QED) is 0.687. The SMILES string of the molecule is CCN1C(=O)CC[C@@]2(C)C1=CC[C@@H]1[C@@H]2CC[C@]2(C)C(c3ccncc3)=CC[C@@H]12. The summed E-state index contributed by atoms with van der Waals surface area (Å²) in [6.45, 7) is 7.90. The maximum Gasteiger partial charge on any atom is 0.226 e. The van der Waals surface area contributed by atoms with Crippen molar-refractivity contribution in [2.75, 3.05) is 6.54 Å². The second kappa shape index (κ2) is 6.30. The number of amides is 1. The van der Waals surface area contributed by atoms with Crippen LogP contribution < -0.4 is 0 Å². The van der Waals surface area contributed by atoms with Crippen molar-refractivity contribution in [1.29, 1.82) is 0 Å². The Kier molecular flexibility index (Phi) is 4.08. The predicted octanol–water partition coefficient (Wildman–Crippen LogP) is 5.45. The van der Waals surface area contributed by atoms with Gasteiger partial charge in [-0.25, -0.2) is 0 Å². The number of nitrogens with zero attached hydrogens (tertiary/aromatic N) is 2. The van der Waals surface area contributed by atoms with E-state index in [4.69, 9.17) is 0 Å². The molecule has 5 atom stereocenters. The van der Waals surface area contributed by atoms with Gasteiger partial charge in [-0.2, -0.15) is 0 Å². The Morgan fingerprint density at radius 3 is 2.61 bits per heavy atom. The first-order valence-corrected chi connectivity index (χ1v) is 11.1. The normalized spacial score (nSPS) is 39.6. The average molecular weight is 377 g/mol. The number of piperidine rings is 1. The number of pyridine rings is 1. The van der Waals surface area contributed by atoms with Gasteiger partial charge in [0.15, 0.2) is 0 Å². The summed E-state index contributed by atoms with van der Waals surface area (Å²) >= 11 is 0. The summed E-state index contributed by atoms with van der Waals surface area (Å²) in [5, 5.41) is 0. The van der Waals surface area contributed by atoms with E-state index in [0.717, 1.165) is 31.2 Å². The smallest absolute Gasteiger partial charge is 0.226 e. The molecule has 0 spiro atoms. The molecule has 3 nitrogen and oxygen atoms in total. The van der Waals surface area contributed by atoms with E-state index >= 15 is 0 Å². The van der Waals surface area contributed by atoms with Gasteiger partial charge in [-0.05, 0) is 85.5 Å². The molecule has 1 saturated heterocycles. The van der Waals surface area contributed by atoms with E-state index in [9.17, 15) is 4.79 Å². The second-order valence-corrected chi connectivity index (χ2v) is 9.80. The summed E-state index contributed by atoms with van der Waals surface area (Å²) in [7, 11) is 0. The molecule has 1 aromatic rings. The van der Waals surface area contributed by atoms with Crippen LogP contribution >= 0.6 is 0 Å². The van der Waals surface area contributed by atoms with Crippen LogP contribution in [0.25, 0.3) is 5.57 Å². The molecule has 2 fully saturated rings. The van der Waals surface area contributed by atoms with Crippen LogP contribution in [0.4, 0.5) is 0 Å². The molecule has 0 aromatic carbocycles. The summed E-state index contributed by atoms with van der Waals surface area (Å²) in [4.78, 5) is 18.8. The largest absolute Gasteiger partial charge is 0.316 e. The van der Waals surface area contributed by atoms with Gasteiger partial charge in [0.2, 0.25) is 5.91 Å². The van der Waals surface area contributed by atoms with Gasteiger partial charge < -0.3 is 4.90 Å². The summed E-state index contributed by atoms with van der Waals surface area (Å²) in [6.07, 6.45) is 15.4. The van der Waals surface area contributed by atoms with Crippen molar-refractivity contribution < 1.29 is 4.79 Å². The lowest BCUT2D eigenvalue weighted by Crippen LogP contribution is -2.53. The fraction of sp³-hybridized carbons (Fsp3) is 0.600. The lowest BCUT2D eigenvalue weighted by atomic mass is 9.49. The fourth-order valence-corrected chi connectivity index (χ4v) is 7.34. The van der Waals surface area contributed by atoms with Crippen molar-refractivity contribution in [3.63, 3.8) is 0 Å². The summed E-state index contributed by atoms with van der Waals surface area (Å²) in [5.41, 5.74) is 4.70. The van der Waals surface area contributed by atoms with Gasteiger partial charge in [0.05, 0.1) is 0 Å². The first kappa shape index (κ1) is 18.1. The molecule has 3 heteroatoms. The third-order valence-corrected chi connectivity index (χ3v) is 8.76. The highest BCUT2D eigenvalue weighted by molar-refractivity contribution is 5.80. The van der Waals surface area contributed by atoms with Crippen LogP contribution in [0.2, 0.25) is 0 Å². The molecule has 28 heavy (non-hydrogen) atoms. The number of hydrogen-bond donors (Lipinski definition) is 0. The van der Waals surface area contributed by atoms with Crippen molar-refractivity contribution >= 4 is 11.5 Å². The number of aromatic nitrogens is 1. The molecule has 1 aromatic heterocycles. The van der Waals surface area contributed by atoms with E-state index in [1.54, 1.807) is 5.57 Å². The minimum atomic E-state index is 0.174. The summed E-state index contributed by atoms with van der Waals surface area (Å²) in [6, 6.07) is 4.36. The molecule has 0 radical (unpaired) electrons. The van der Waals surface area contributed by atoms with E-state index in [1.165, 1.54) is 30.5 Å². The summed E-state index contributed by atoms with van der Waals surface area (Å²) < 4.78 is 0. The molecule has 148 valence electrons. The molecule has 0 unspecified atom stereocenters. The Balaban J connectivity index is 1.49. The van der Waals surface area contributed by atoms with E-state index in [2.05, 4.69) is 54.9 Å². The molecular formula is C25H32N2O. The first-order chi connectivity index (χ1) is 13.5. The zero-order chi connectivity index (χ0) is 19.5. The number of carbonyl (C=O) groups excluding carboxylic acids is 1. The number of hydrogen-bond acceptors (Lipinski definition) is 2. The highest BCUT2D eigenvalue weighted by Gasteiger charge is 2.57. The van der Waals surface area contributed by atoms with Gasteiger partial charge in [-0.15, -0.1) is 0 Å². The van der Waals surface area contributed by atoms with Crippen molar-refractivity contribution in [3.05, 3.63) is 47.9 Å². The third kappa shape index (κ3) is 2.34. The van der Waals surface area contributed by atoms with Crippen LogP contribution in [0.3, 0.4) is 0 Å². The monoisotopic (exact) mass is 376 g/mol. The van der Waals surface area contributed by atoms with Crippen molar-refractivity contribution in [3.8, 4) is 0 Å². The van der Waals surface area contributed by atoms with Gasteiger partial charge >= 0.3 is 0 Å². The van der Waals surface area contributed by atoms with E-state index < -0.39 is 0 Å². The summed E-state index contributed by atoms with van der Waals surface area (Å²) in [5.74, 6) is 2.48. The molecule has 1 saturated carbocycles. The fourth-order valence-electron chi connectivity index (χ4n) is 7.34. The zero-order valence-corrected chi connectivity index (χ0v) is 17.4. The van der Waals surface area contributed by atoms with Gasteiger partial charge in [-0.3, -0.25) is 9.78 Å². The molecule has 3 aliphatic carbocycles. The van der Waals surface area contributed by atoms with Crippen LogP contribution in [0, 0.1) is 28.6 Å². The van der Waals surface area contributed by atoms with Crippen LogP contribution in [0.15, 0.2) is 42.4 Å². The van der Waals surface area contributed by atoms with Gasteiger partial charge in [0, 0.05) is 36.5 Å². The molecule has 1 amide bonds. The average Bonchev–Trinajstić information content (AvgIpc) is 3.06. The Bertz CT molecular complexity index is 857. The first-order valence-electron chi connectivity index (χ1n) is 11.1. The molecule has 4 aliphatic rings. The van der Waals surface area contributed by atoms with E-state index in [0.29, 0.717) is 18.2 Å². The third-order valence-electron chi connectivity index (χ3n) is 8.76. The lowest BCUT2D eigenvalue weighted by molar-refractivity contribution is -0.136. The van der Waals surface area contributed by atoms with Crippen molar-refractivity contribution in [1.82, 2.24) is 9.88 Å². The van der Waals surface area contributed by atoms with Gasteiger partial charge in [0.1, 0.15) is 0 Å². The Morgan fingerprint density at radius 2 is 1.86 bits per heavy atom. The van der Waals surface area contributed by atoms with Crippen molar-refractivity contribution in [2.45, 2.75) is 59.3 Å². The maximum atomic E-state index is 12.5. The molecule has 5 rings (SSSR count). The number of fused-ring (bicyclic) bond motifs is 5. The Hall–Kier alpha value is -1.90. The molecular weight excluding hydrogens is 344 g/mol. The molecule has 1 aliphatic heterocycles. The lowest BCUT2D eigenvalue weighted by Gasteiger charge is -2.58.